The van der Waals surface area contributed by atoms with E-state index >= 15 is 0 Å². The van der Waals surface area contributed by atoms with Crippen LogP contribution in [0.25, 0.3) is 0 Å². The van der Waals surface area contributed by atoms with Crippen molar-refractivity contribution in [2.75, 3.05) is 20.3 Å². The molecular formula is C19H32O6. The molecule has 8 atom stereocenters. The lowest BCUT2D eigenvalue weighted by atomic mass is 9.55. The highest BCUT2D eigenvalue weighted by Crippen LogP contribution is 2.64. The molecule has 1 saturated carbocycles. The van der Waals surface area contributed by atoms with E-state index in [0.717, 1.165) is 19.3 Å². The van der Waals surface area contributed by atoms with Gasteiger partial charge in [0.25, 0.3) is 0 Å². The summed E-state index contributed by atoms with van der Waals surface area (Å²) in [5.74, 6) is -0.227. The minimum absolute atomic E-state index is 0.203. The maximum absolute atomic E-state index is 6.49. The first kappa shape index (κ1) is 18.1. The van der Waals surface area contributed by atoms with Gasteiger partial charge in [-0.15, -0.1) is 0 Å². The average Bonchev–Trinajstić information content (AvgIpc) is 2.77. The highest BCUT2D eigenvalue weighted by atomic mass is 17.3. The first-order chi connectivity index (χ1) is 11.9. The quantitative estimate of drug-likeness (QED) is 0.569. The molecule has 4 heterocycles. The maximum Gasteiger partial charge on any atom is 0.204 e. The van der Waals surface area contributed by atoms with Gasteiger partial charge in [-0.05, 0) is 44.9 Å². The van der Waals surface area contributed by atoms with Crippen LogP contribution in [0.4, 0.5) is 0 Å². The van der Waals surface area contributed by atoms with E-state index in [1.807, 2.05) is 13.8 Å². The monoisotopic (exact) mass is 356 g/mol. The molecule has 4 saturated heterocycles. The second kappa shape index (κ2) is 6.14. The summed E-state index contributed by atoms with van der Waals surface area (Å²) in [6.07, 6.45) is 3.80. The van der Waals surface area contributed by atoms with Gasteiger partial charge in [0.1, 0.15) is 0 Å². The molecule has 144 valence electrons. The fourth-order valence-electron chi connectivity index (χ4n) is 5.83. The van der Waals surface area contributed by atoms with Crippen molar-refractivity contribution in [3.05, 3.63) is 0 Å². The molecule has 4 aliphatic heterocycles. The van der Waals surface area contributed by atoms with Gasteiger partial charge in [-0.1, -0.05) is 13.8 Å². The van der Waals surface area contributed by atoms with Crippen LogP contribution in [0, 0.1) is 23.7 Å². The van der Waals surface area contributed by atoms with E-state index in [9.17, 15) is 0 Å². The van der Waals surface area contributed by atoms with Crippen molar-refractivity contribution in [3.8, 4) is 0 Å². The summed E-state index contributed by atoms with van der Waals surface area (Å²) in [6, 6.07) is 0. The Balaban J connectivity index is 1.71. The molecule has 0 amide bonds. The minimum Gasteiger partial charge on any atom is -0.382 e. The summed E-state index contributed by atoms with van der Waals surface area (Å²) in [5.41, 5.74) is -0.568. The van der Waals surface area contributed by atoms with E-state index in [1.165, 1.54) is 6.42 Å². The second-order valence-electron chi connectivity index (χ2n) is 8.66. The Morgan fingerprint density at radius 2 is 1.80 bits per heavy atom. The van der Waals surface area contributed by atoms with Crippen molar-refractivity contribution in [2.45, 2.75) is 76.8 Å². The molecule has 0 N–H and O–H groups in total. The summed E-state index contributed by atoms with van der Waals surface area (Å²) in [7, 11) is 1.68. The van der Waals surface area contributed by atoms with Gasteiger partial charge in [-0.2, -0.15) is 0 Å². The van der Waals surface area contributed by atoms with Gasteiger partial charge < -0.3 is 18.9 Å². The van der Waals surface area contributed by atoms with Gasteiger partial charge >= 0.3 is 0 Å². The van der Waals surface area contributed by atoms with Crippen LogP contribution in [0.15, 0.2) is 0 Å². The third-order valence-corrected chi connectivity index (χ3v) is 7.08. The first-order valence-electron chi connectivity index (χ1n) is 9.70. The SMILES string of the molecule is COCCO[C@H]1O[C@]2(C)O[C@]3(C)CC[C@H]4[C@H](C)CC[C@@H]([C@H]1C)[C@]42OO3. The normalized spacial score (nSPS) is 54.8. The van der Waals surface area contributed by atoms with Crippen LogP contribution in [-0.2, 0) is 28.7 Å². The van der Waals surface area contributed by atoms with E-state index in [0.29, 0.717) is 25.0 Å². The van der Waals surface area contributed by atoms with Gasteiger partial charge in [0, 0.05) is 25.4 Å². The van der Waals surface area contributed by atoms with Crippen LogP contribution in [0.2, 0.25) is 0 Å². The zero-order chi connectivity index (χ0) is 17.9. The molecule has 0 aromatic carbocycles. The maximum atomic E-state index is 6.49. The number of fused-ring (bicyclic) bond motifs is 2. The third-order valence-electron chi connectivity index (χ3n) is 7.08. The Bertz CT molecular complexity index is 514. The van der Waals surface area contributed by atoms with E-state index < -0.39 is 17.2 Å². The highest BCUT2D eigenvalue weighted by molar-refractivity contribution is 5.13. The van der Waals surface area contributed by atoms with Crippen LogP contribution in [0.1, 0.15) is 53.4 Å². The second-order valence-corrected chi connectivity index (χ2v) is 8.66. The van der Waals surface area contributed by atoms with E-state index in [2.05, 4.69) is 13.8 Å². The molecule has 5 aliphatic rings. The van der Waals surface area contributed by atoms with E-state index in [4.69, 9.17) is 28.7 Å². The molecule has 5 rings (SSSR count). The van der Waals surface area contributed by atoms with Crippen molar-refractivity contribution >= 4 is 0 Å². The smallest absolute Gasteiger partial charge is 0.204 e. The number of rotatable bonds is 4. The molecule has 0 aromatic heterocycles. The first-order valence-corrected chi connectivity index (χ1v) is 9.70. The Hall–Kier alpha value is -0.240. The number of hydrogen-bond acceptors (Lipinski definition) is 6. The minimum atomic E-state index is -0.870. The third kappa shape index (κ3) is 2.52. The molecule has 0 aromatic rings. The zero-order valence-corrected chi connectivity index (χ0v) is 16.1. The average molecular weight is 356 g/mol. The summed E-state index contributed by atoms with van der Waals surface area (Å²) < 4.78 is 24.1. The molecule has 2 bridgehead atoms. The fraction of sp³-hybridized carbons (Fsp3) is 1.00. The molecule has 6 heteroatoms. The van der Waals surface area contributed by atoms with Crippen LogP contribution in [0.5, 0.6) is 0 Å². The van der Waals surface area contributed by atoms with Gasteiger partial charge in [0.15, 0.2) is 11.9 Å². The van der Waals surface area contributed by atoms with Crippen LogP contribution in [-0.4, -0.2) is 43.8 Å². The lowest BCUT2D eigenvalue weighted by molar-refractivity contribution is -0.605. The Kier molecular flexibility index (Phi) is 4.46. The highest BCUT2D eigenvalue weighted by Gasteiger charge is 2.74. The van der Waals surface area contributed by atoms with Crippen LogP contribution < -0.4 is 0 Å². The summed E-state index contributed by atoms with van der Waals surface area (Å²) in [6.45, 7) is 9.56. The number of methoxy groups -OCH3 is 1. The predicted molar refractivity (Wildman–Crippen MR) is 89.3 cm³/mol. The molecular weight excluding hydrogens is 324 g/mol. The zero-order valence-electron chi connectivity index (χ0n) is 16.1. The lowest BCUT2D eigenvalue weighted by Crippen LogP contribution is -2.76. The van der Waals surface area contributed by atoms with Crippen molar-refractivity contribution in [3.63, 3.8) is 0 Å². The molecule has 0 unspecified atom stereocenters. The van der Waals surface area contributed by atoms with Gasteiger partial charge in [-0.25, -0.2) is 9.78 Å². The van der Waals surface area contributed by atoms with Gasteiger partial charge in [0.05, 0.1) is 13.2 Å². The number of hydrogen-bond donors (Lipinski definition) is 0. The molecule has 1 aliphatic carbocycles. The summed E-state index contributed by atoms with van der Waals surface area (Å²) in [5, 5.41) is 0. The largest absolute Gasteiger partial charge is 0.382 e. The van der Waals surface area contributed by atoms with Crippen molar-refractivity contribution in [2.24, 2.45) is 23.7 Å². The van der Waals surface area contributed by atoms with Gasteiger partial charge in [-0.3, -0.25) is 0 Å². The topological polar surface area (TPSA) is 55.4 Å². The van der Waals surface area contributed by atoms with E-state index in [1.54, 1.807) is 7.11 Å². The van der Waals surface area contributed by atoms with Crippen LogP contribution in [0.3, 0.4) is 0 Å². The predicted octanol–water partition coefficient (Wildman–Crippen LogP) is 3.25. The fourth-order valence-corrected chi connectivity index (χ4v) is 5.83. The van der Waals surface area contributed by atoms with Crippen LogP contribution >= 0.6 is 0 Å². The summed E-state index contributed by atoms with van der Waals surface area (Å²) >= 11 is 0. The van der Waals surface area contributed by atoms with Crippen molar-refractivity contribution < 1.29 is 28.7 Å². The van der Waals surface area contributed by atoms with Gasteiger partial charge in [0.2, 0.25) is 11.6 Å². The molecule has 6 nitrogen and oxygen atoms in total. The lowest BCUT2D eigenvalue weighted by Gasteiger charge is -2.64. The standard InChI is InChI=1S/C19H32O6/c1-12-6-7-15-13(2)16(21-11-10-20-5)22-18(4)19(15)14(12)8-9-17(3,23-18)24-25-19/h12-16H,6-11H2,1-5H3/t12-,13-,14+,15+,16+,17+,18-,19-/m1/s1. The Morgan fingerprint density at radius 3 is 2.56 bits per heavy atom. The molecule has 5 fully saturated rings. The van der Waals surface area contributed by atoms with E-state index in [-0.39, 0.29) is 18.1 Å². The van der Waals surface area contributed by atoms with Crippen molar-refractivity contribution in [1.29, 1.82) is 0 Å². The Labute approximate surface area is 150 Å². The molecule has 25 heavy (non-hydrogen) atoms. The molecule has 1 spiro atoms. The summed E-state index contributed by atoms with van der Waals surface area (Å²) in [4.78, 5) is 12.1. The Morgan fingerprint density at radius 1 is 1.00 bits per heavy atom. The molecule has 0 radical (unpaired) electrons. The van der Waals surface area contributed by atoms with Crippen molar-refractivity contribution in [1.82, 2.24) is 0 Å². The number of ether oxygens (including phenoxy) is 4.